The fourth-order valence-corrected chi connectivity index (χ4v) is 2.86. The van der Waals surface area contributed by atoms with E-state index >= 15 is 0 Å². The number of aromatic nitrogens is 1. The zero-order chi connectivity index (χ0) is 15.5. The van der Waals surface area contributed by atoms with Gasteiger partial charge in [0.15, 0.2) is 5.76 Å². The molecule has 1 saturated heterocycles. The Morgan fingerprint density at radius 3 is 2.50 bits per heavy atom. The molecule has 1 amide bonds. The highest BCUT2D eigenvalue weighted by Crippen LogP contribution is 2.15. The minimum Gasteiger partial charge on any atom is -0.360 e. The summed E-state index contributed by atoms with van der Waals surface area (Å²) in [5, 5.41) is 3.90. The Bertz CT molecular complexity index is 646. The molecule has 22 heavy (non-hydrogen) atoms. The van der Waals surface area contributed by atoms with Crippen molar-refractivity contribution in [3.8, 4) is 0 Å². The van der Waals surface area contributed by atoms with E-state index < -0.39 is 0 Å². The molecule has 0 atom stereocenters. The van der Waals surface area contributed by atoms with Crippen LogP contribution in [0.4, 0.5) is 0 Å². The van der Waals surface area contributed by atoms with E-state index in [1.807, 2.05) is 42.2 Å². The van der Waals surface area contributed by atoms with Gasteiger partial charge in [0.2, 0.25) is 0 Å². The van der Waals surface area contributed by atoms with Gasteiger partial charge < -0.3 is 9.42 Å². The number of nitrogens with zero attached hydrogens (tertiary/aromatic N) is 3. The van der Waals surface area contributed by atoms with Crippen LogP contribution in [-0.2, 0) is 6.54 Å². The fraction of sp³-hybridized carbons (Fsp3) is 0.375. The predicted molar refractivity (Wildman–Crippen MR) is 86.6 cm³/mol. The summed E-state index contributed by atoms with van der Waals surface area (Å²) < 4.78 is 6.23. The first-order valence-corrected chi connectivity index (χ1v) is 8.10. The summed E-state index contributed by atoms with van der Waals surface area (Å²) in [4.78, 5) is 16.6. The summed E-state index contributed by atoms with van der Waals surface area (Å²) in [6.07, 6.45) is 0. The van der Waals surface area contributed by atoms with Crippen molar-refractivity contribution in [3.05, 3.63) is 51.8 Å². The fourth-order valence-electron chi connectivity index (χ4n) is 2.60. The maximum Gasteiger partial charge on any atom is 0.253 e. The van der Waals surface area contributed by atoms with E-state index in [0.717, 1.165) is 54.2 Å². The number of amides is 1. The maximum absolute atomic E-state index is 12.4. The third kappa shape index (κ3) is 3.56. The van der Waals surface area contributed by atoms with Gasteiger partial charge in [-0.15, -0.1) is 0 Å². The summed E-state index contributed by atoms with van der Waals surface area (Å²) in [7, 11) is 0. The molecule has 0 bridgehead atoms. The minimum absolute atomic E-state index is 0.0997. The number of rotatable bonds is 3. The molecule has 2 aromatic rings. The molecule has 0 saturated carbocycles. The monoisotopic (exact) mass is 363 g/mol. The number of carbonyl (C=O) groups is 1. The molecule has 6 heteroatoms. The molecular weight excluding hydrogens is 346 g/mol. The molecule has 1 aliphatic heterocycles. The van der Waals surface area contributed by atoms with Crippen molar-refractivity contribution < 1.29 is 9.32 Å². The molecule has 0 spiro atoms. The lowest BCUT2D eigenvalue weighted by Crippen LogP contribution is -2.48. The highest BCUT2D eigenvalue weighted by atomic mass is 79.9. The van der Waals surface area contributed by atoms with E-state index in [1.165, 1.54) is 0 Å². The van der Waals surface area contributed by atoms with Gasteiger partial charge in [0.25, 0.3) is 5.91 Å². The van der Waals surface area contributed by atoms with E-state index in [-0.39, 0.29) is 5.91 Å². The lowest BCUT2D eigenvalue weighted by molar-refractivity contribution is 0.0617. The molecule has 0 aliphatic carbocycles. The van der Waals surface area contributed by atoms with Gasteiger partial charge in [-0.05, 0) is 31.2 Å². The van der Waals surface area contributed by atoms with Crippen LogP contribution >= 0.6 is 15.9 Å². The molecule has 1 fully saturated rings. The smallest absolute Gasteiger partial charge is 0.253 e. The van der Waals surface area contributed by atoms with Gasteiger partial charge in [0.05, 0.1) is 12.2 Å². The highest BCUT2D eigenvalue weighted by molar-refractivity contribution is 9.10. The van der Waals surface area contributed by atoms with Crippen LogP contribution in [0.2, 0.25) is 0 Å². The lowest BCUT2D eigenvalue weighted by atomic mass is 10.2. The molecule has 2 heterocycles. The number of piperazine rings is 1. The summed E-state index contributed by atoms with van der Waals surface area (Å²) in [6, 6.07) is 9.47. The summed E-state index contributed by atoms with van der Waals surface area (Å²) in [6.45, 7) is 5.84. The van der Waals surface area contributed by atoms with Crippen molar-refractivity contribution in [2.45, 2.75) is 13.5 Å². The molecule has 0 radical (unpaired) electrons. The van der Waals surface area contributed by atoms with Gasteiger partial charge in [0.1, 0.15) is 0 Å². The topological polar surface area (TPSA) is 49.6 Å². The molecule has 5 nitrogen and oxygen atoms in total. The molecule has 0 unspecified atom stereocenters. The number of aryl methyl sites for hydroxylation is 1. The van der Waals surface area contributed by atoms with Gasteiger partial charge >= 0.3 is 0 Å². The van der Waals surface area contributed by atoms with Gasteiger partial charge in [-0.1, -0.05) is 21.1 Å². The predicted octanol–water partition coefficient (Wildman–Crippen LogP) is 2.70. The highest BCUT2D eigenvalue weighted by Gasteiger charge is 2.22. The number of benzene rings is 1. The average Bonchev–Trinajstić information content (AvgIpc) is 2.93. The minimum atomic E-state index is 0.0997. The van der Waals surface area contributed by atoms with Crippen LogP contribution in [0.25, 0.3) is 0 Å². The van der Waals surface area contributed by atoms with Crippen LogP contribution in [0.15, 0.2) is 39.3 Å². The summed E-state index contributed by atoms with van der Waals surface area (Å²) in [5.74, 6) is 0.979. The first kappa shape index (κ1) is 15.2. The first-order chi connectivity index (χ1) is 10.6. The molecule has 3 rings (SSSR count). The van der Waals surface area contributed by atoms with Crippen molar-refractivity contribution >= 4 is 21.8 Å². The van der Waals surface area contributed by atoms with Crippen LogP contribution in [0, 0.1) is 6.92 Å². The maximum atomic E-state index is 12.4. The zero-order valence-electron chi connectivity index (χ0n) is 12.5. The second-order valence-electron chi connectivity index (χ2n) is 5.51. The van der Waals surface area contributed by atoms with Crippen molar-refractivity contribution in [1.29, 1.82) is 0 Å². The second kappa shape index (κ2) is 6.62. The third-order valence-corrected chi connectivity index (χ3v) is 4.34. The van der Waals surface area contributed by atoms with E-state index in [2.05, 4.69) is 26.0 Å². The van der Waals surface area contributed by atoms with E-state index in [1.54, 1.807) is 0 Å². The molecule has 1 aromatic carbocycles. The second-order valence-corrected chi connectivity index (χ2v) is 6.43. The Labute approximate surface area is 138 Å². The third-order valence-electron chi connectivity index (χ3n) is 3.81. The van der Waals surface area contributed by atoms with Crippen LogP contribution in [-0.4, -0.2) is 47.0 Å². The van der Waals surface area contributed by atoms with Crippen LogP contribution in [0.3, 0.4) is 0 Å². The Morgan fingerprint density at radius 1 is 1.23 bits per heavy atom. The molecule has 1 aromatic heterocycles. The number of halogens is 1. The van der Waals surface area contributed by atoms with Gasteiger partial charge in [-0.25, -0.2) is 0 Å². The molecular formula is C16H18BrN3O2. The van der Waals surface area contributed by atoms with E-state index in [4.69, 9.17) is 4.52 Å². The van der Waals surface area contributed by atoms with E-state index in [0.29, 0.717) is 0 Å². The molecule has 0 N–H and O–H groups in total. The number of carbonyl (C=O) groups excluding carboxylic acids is 1. The largest absolute Gasteiger partial charge is 0.360 e. The summed E-state index contributed by atoms with van der Waals surface area (Å²) in [5.41, 5.74) is 1.64. The average molecular weight is 364 g/mol. The lowest BCUT2D eigenvalue weighted by Gasteiger charge is -2.34. The zero-order valence-corrected chi connectivity index (χ0v) is 14.0. The van der Waals surface area contributed by atoms with Crippen LogP contribution in [0.1, 0.15) is 21.8 Å². The van der Waals surface area contributed by atoms with Crippen LogP contribution in [0.5, 0.6) is 0 Å². The number of hydrogen-bond donors (Lipinski definition) is 0. The van der Waals surface area contributed by atoms with Gasteiger partial charge in [-0.3, -0.25) is 9.69 Å². The Balaban J connectivity index is 1.55. The normalized spacial score (nSPS) is 16.0. The Hall–Kier alpha value is -1.66. The quantitative estimate of drug-likeness (QED) is 0.841. The van der Waals surface area contributed by atoms with Crippen molar-refractivity contribution in [3.63, 3.8) is 0 Å². The van der Waals surface area contributed by atoms with E-state index in [9.17, 15) is 4.79 Å². The SMILES string of the molecule is Cc1cc(CN2CCN(C(=O)c3ccc(Br)cc3)CC2)on1. The first-order valence-electron chi connectivity index (χ1n) is 7.31. The molecule has 116 valence electrons. The van der Waals surface area contributed by atoms with Gasteiger partial charge in [0, 0.05) is 42.3 Å². The molecule has 1 aliphatic rings. The number of hydrogen-bond acceptors (Lipinski definition) is 4. The van der Waals surface area contributed by atoms with Crippen molar-refractivity contribution in [1.82, 2.24) is 15.0 Å². The Kier molecular flexibility index (Phi) is 4.59. The Morgan fingerprint density at radius 2 is 1.91 bits per heavy atom. The van der Waals surface area contributed by atoms with Crippen molar-refractivity contribution in [2.24, 2.45) is 0 Å². The summed E-state index contributed by atoms with van der Waals surface area (Å²) >= 11 is 3.39. The van der Waals surface area contributed by atoms with Crippen LogP contribution < -0.4 is 0 Å². The van der Waals surface area contributed by atoms with Crippen molar-refractivity contribution in [2.75, 3.05) is 26.2 Å². The van der Waals surface area contributed by atoms with Gasteiger partial charge in [-0.2, -0.15) is 0 Å². The standard InChI is InChI=1S/C16H18BrN3O2/c1-12-10-15(22-18-12)11-19-6-8-20(9-7-19)16(21)13-2-4-14(17)5-3-13/h2-5,10H,6-9,11H2,1H3.